The van der Waals surface area contributed by atoms with Crippen molar-refractivity contribution in [2.24, 2.45) is 0 Å². The zero-order valence-electron chi connectivity index (χ0n) is 14.5. The second-order valence-corrected chi connectivity index (χ2v) is 5.96. The van der Waals surface area contributed by atoms with Gasteiger partial charge in [0.15, 0.2) is 0 Å². The molecule has 0 unspecified atom stereocenters. The van der Waals surface area contributed by atoms with E-state index in [9.17, 15) is 9.90 Å². The maximum atomic E-state index is 11.1. The molecule has 0 saturated carbocycles. The molecule has 0 aliphatic carbocycles. The van der Waals surface area contributed by atoms with E-state index < -0.39 is 11.6 Å². The first-order chi connectivity index (χ1) is 10.3. The van der Waals surface area contributed by atoms with Crippen LogP contribution < -0.4 is 44.3 Å². The Kier molecular flexibility index (Phi) is 9.20. The molecular weight excluding hydrogens is 321 g/mol. The van der Waals surface area contributed by atoms with Gasteiger partial charge in [-0.2, -0.15) is 4.98 Å². The Balaban J connectivity index is 0.00000264. The van der Waals surface area contributed by atoms with Gasteiger partial charge in [-0.25, -0.2) is 4.98 Å². The average Bonchev–Trinajstić information content (AvgIpc) is 2.86. The molecule has 24 heavy (non-hydrogen) atoms. The van der Waals surface area contributed by atoms with E-state index in [1.807, 2.05) is 0 Å². The first-order valence-electron chi connectivity index (χ1n) is 7.35. The number of carbonyl (C=O) groups is 1. The number of carbonyl (C=O) groups excluding carboxylic acids is 1. The smallest absolute Gasteiger partial charge is 0.546 e. The summed E-state index contributed by atoms with van der Waals surface area (Å²) in [7, 11) is 1.68. The minimum absolute atomic E-state index is 0. The second kappa shape index (κ2) is 9.56. The zero-order chi connectivity index (χ0) is 16.3. The van der Waals surface area contributed by atoms with Gasteiger partial charge in [-0.1, -0.05) is 7.43 Å². The zero-order valence-corrected chi connectivity index (χ0v) is 16.5. The molecule has 1 aromatic rings. The molecule has 0 radical (unpaired) electrons. The summed E-state index contributed by atoms with van der Waals surface area (Å²) >= 11 is 0. The summed E-state index contributed by atoms with van der Waals surface area (Å²) in [5.41, 5.74) is -1.45. The van der Waals surface area contributed by atoms with Crippen LogP contribution in [0, 0.1) is 6.92 Å². The Hall–Kier alpha value is -0.890. The van der Waals surface area contributed by atoms with E-state index in [1.54, 1.807) is 20.1 Å². The quantitative estimate of drug-likeness (QED) is 0.547. The van der Waals surface area contributed by atoms with Gasteiger partial charge in [0.25, 0.3) is 0 Å². The third kappa shape index (κ3) is 5.58. The van der Waals surface area contributed by atoms with Gasteiger partial charge >= 0.3 is 29.6 Å². The van der Waals surface area contributed by atoms with E-state index in [0.717, 1.165) is 25.2 Å². The Morgan fingerprint density at radius 2 is 2.12 bits per heavy atom. The normalized spacial score (nSPS) is 17.0. The van der Waals surface area contributed by atoms with Crippen LogP contribution in [0.25, 0.3) is 0 Å². The van der Waals surface area contributed by atoms with Crippen LogP contribution in [0.4, 0.5) is 5.82 Å². The number of aliphatic carboxylic acids is 1. The first kappa shape index (κ1) is 23.1. The number of carboxylic acid groups (broad SMARTS) is 1. The van der Waals surface area contributed by atoms with E-state index in [-0.39, 0.29) is 48.9 Å². The SMILES string of the molecule is C.COC[C@@H]1CCCN1c1cc(OC(C)(C)C(=O)[O-])nc(C)n1.[Na+]. The monoisotopic (exact) mass is 347 g/mol. The fourth-order valence-corrected chi connectivity index (χ4v) is 2.53. The van der Waals surface area contributed by atoms with Crippen molar-refractivity contribution in [3.8, 4) is 5.88 Å². The van der Waals surface area contributed by atoms with Crippen molar-refractivity contribution in [1.29, 1.82) is 0 Å². The van der Waals surface area contributed by atoms with Crippen LogP contribution in [0.3, 0.4) is 0 Å². The molecule has 7 nitrogen and oxygen atoms in total. The summed E-state index contributed by atoms with van der Waals surface area (Å²) in [4.78, 5) is 21.8. The molecule has 0 N–H and O–H groups in total. The molecule has 0 aromatic carbocycles. The number of nitrogens with zero attached hydrogens (tertiary/aromatic N) is 3. The molecule has 1 fully saturated rings. The summed E-state index contributed by atoms with van der Waals surface area (Å²) in [6.45, 7) is 6.13. The van der Waals surface area contributed by atoms with Crippen molar-refractivity contribution in [3.05, 3.63) is 11.9 Å². The number of carboxylic acids is 1. The topological polar surface area (TPSA) is 87.6 Å². The molecule has 2 rings (SSSR count). The van der Waals surface area contributed by atoms with Gasteiger partial charge in [0.1, 0.15) is 17.2 Å². The number of anilines is 1. The van der Waals surface area contributed by atoms with Gasteiger partial charge < -0.3 is 24.3 Å². The minimum atomic E-state index is -1.45. The van der Waals surface area contributed by atoms with Gasteiger partial charge in [0.05, 0.1) is 18.6 Å². The molecule has 1 aliphatic heterocycles. The molecule has 0 bridgehead atoms. The summed E-state index contributed by atoms with van der Waals surface area (Å²) in [5.74, 6) is 0.212. The number of aromatic nitrogens is 2. The minimum Gasteiger partial charge on any atom is -0.546 e. The van der Waals surface area contributed by atoms with Crippen molar-refractivity contribution >= 4 is 11.8 Å². The first-order valence-corrected chi connectivity index (χ1v) is 7.35. The van der Waals surface area contributed by atoms with Crippen LogP contribution >= 0.6 is 0 Å². The maximum Gasteiger partial charge on any atom is 1.00 e. The predicted molar refractivity (Wildman–Crippen MR) is 85.5 cm³/mol. The molecule has 1 aliphatic rings. The molecule has 130 valence electrons. The summed E-state index contributed by atoms with van der Waals surface area (Å²) < 4.78 is 10.7. The number of ether oxygens (including phenoxy) is 2. The van der Waals surface area contributed by atoms with Gasteiger partial charge in [-0.05, 0) is 33.6 Å². The third-order valence-electron chi connectivity index (χ3n) is 3.68. The van der Waals surface area contributed by atoms with E-state index in [2.05, 4.69) is 14.9 Å². The van der Waals surface area contributed by atoms with Crippen molar-refractivity contribution in [2.45, 2.75) is 52.7 Å². The van der Waals surface area contributed by atoms with Crippen molar-refractivity contribution in [1.82, 2.24) is 9.97 Å². The standard InChI is InChI=1S/C15H23N3O4.CH4.Na/c1-10-16-12(18-7-5-6-11(18)9-21-4)8-13(17-10)22-15(2,3)14(19)20;;/h8,11H,5-7,9H2,1-4H3,(H,19,20);1H4;/q;;+1/p-1/t11-;;/m0../s1. The fraction of sp³-hybridized carbons (Fsp3) is 0.688. The summed E-state index contributed by atoms with van der Waals surface area (Å²) in [6, 6.07) is 1.94. The third-order valence-corrected chi connectivity index (χ3v) is 3.68. The number of methoxy groups -OCH3 is 1. The summed E-state index contributed by atoms with van der Waals surface area (Å²) in [5, 5.41) is 11.1. The number of hydrogen-bond acceptors (Lipinski definition) is 7. The second-order valence-electron chi connectivity index (χ2n) is 5.96. The van der Waals surface area contributed by atoms with Crippen LogP contribution in [0.5, 0.6) is 5.88 Å². The Labute approximate surface area is 166 Å². The van der Waals surface area contributed by atoms with Crippen molar-refractivity contribution in [3.63, 3.8) is 0 Å². The largest absolute Gasteiger partial charge is 1.00 e. The predicted octanol–water partition coefficient (Wildman–Crippen LogP) is -2.05. The van der Waals surface area contributed by atoms with Crippen LogP contribution in [-0.4, -0.2) is 47.8 Å². The van der Waals surface area contributed by atoms with E-state index >= 15 is 0 Å². The van der Waals surface area contributed by atoms with Gasteiger partial charge in [-0.3, -0.25) is 0 Å². The molecule has 0 amide bonds. The average molecular weight is 347 g/mol. The fourth-order valence-electron chi connectivity index (χ4n) is 2.53. The van der Waals surface area contributed by atoms with Crippen LogP contribution in [0.1, 0.15) is 39.9 Å². The Morgan fingerprint density at radius 3 is 2.71 bits per heavy atom. The van der Waals surface area contributed by atoms with Crippen LogP contribution in [0.2, 0.25) is 0 Å². The van der Waals surface area contributed by atoms with E-state index in [4.69, 9.17) is 9.47 Å². The van der Waals surface area contributed by atoms with E-state index in [0.29, 0.717) is 12.4 Å². The van der Waals surface area contributed by atoms with Gasteiger partial charge in [0, 0.05) is 19.7 Å². The summed E-state index contributed by atoms with van der Waals surface area (Å²) in [6.07, 6.45) is 2.11. The van der Waals surface area contributed by atoms with Crippen LogP contribution in [-0.2, 0) is 9.53 Å². The van der Waals surface area contributed by atoms with E-state index in [1.165, 1.54) is 13.8 Å². The van der Waals surface area contributed by atoms with Crippen LogP contribution in [0.15, 0.2) is 6.07 Å². The van der Waals surface area contributed by atoms with Crippen molar-refractivity contribution in [2.75, 3.05) is 25.2 Å². The molecule has 1 saturated heterocycles. The van der Waals surface area contributed by atoms with Gasteiger partial charge in [0.2, 0.25) is 5.88 Å². The molecule has 2 heterocycles. The Bertz CT molecular complexity index is 554. The molecule has 0 spiro atoms. The molecular formula is C16H26N3NaO4. The molecule has 8 heteroatoms. The van der Waals surface area contributed by atoms with Gasteiger partial charge in [-0.15, -0.1) is 0 Å². The number of aryl methyl sites for hydroxylation is 1. The maximum absolute atomic E-state index is 11.1. The number of hydrogen-bond donors (Lipinski definition) is 0. The number of rotatable bonds is 6. The molecule has 1 aromatic heterocycles. The molecule has 1 atom stereocenters. The Morgan fingerprint density at radius 1 is 1.46 bits per heavy atom. The van der Waals surface area contributed by atoms with Crippen molar-refractivity contribution < 1.29 is 48.9 Å².